The van der Waals surface area contributed by atoms with Crippen molar-refractivity contribution in [3.05, 3.63) is 35.4 Å². The number of ether oxygens (including phenoxy) is 4. The molecule has 0 saturated carbocycles. The molecular weight excluding hydrogens is 336 g/mol. The van der Waals surface area contributed by atoms with Gasteiger partial charge < -0.3 is 18.9 Å². The Morgan fingerprint density at radius 2 is 1.48 bits per heavy atom. The molecule has 2 aromatic carbocycles. The molecule has 2 rings (SSSR count). The van der Waals surface area contributed by atoms with Crippen LogP contribution in [0.15, 0.2) is 29.8 Å². The first-order chi connectivity index (χ1) is 12.0. The summed E-state index contributed by atoms with van der Waals surface area (Å²) in [6, 6.07) is 5.71. The Morgan fingerprint density at radius 3 is 1.96 bits per heavy atom. The van der Waals surface area contributed by atoms with Gasteiger partial charge in [0.15, 0.2) is 0 Å². The third kappa shape index (κ3) is 3.82. The highest BCUT2D eigenvalue weighted by Gasteiger charge is 2.23. The van der Waals surface area contributed by atoms with Gasteiger partial charge in [-0.2, -0.15) is 12.6 Å². The van der Waals surface area contributed by atoms with Gasteiger partial charge in [-0.05, 0) is 38.5 Å². The molecule has 0 spiro atoms. The zero-order chi connectivity index (χ0) is 18.6. The molecular formula is C20H26O4S. The zero-order valence-electron chi connectivity index (χ0n) is 15.7. The van der Waals surface area contributed by atoms with E-state index in [1.165, 1.54) is 5.57 Å². The maximum Gasteiger partial charge on any atom is 0.135 e. The van der Waals surface area contributed by atoms with Crippen molar-refractivity contribution in [1.29, 1.82) is 0 Å². The van der Waals surface area contributed by atoms with Crippen molar-refractivity contribution < 1.29 is 18.9 Å². The lowest BCUT2D eigenvalue weighted by atomic mass is 9.98. The van der Waals surface area contributed by atoms with Crippen LogP contribution < -0.4 is 18.9 Å². The Kier molecular flexibility index (Phi) is 6.48. The molecule has 0 radical (unpaired) electrons. The molecule has 0 aliphatic rings. The Bertz CT molecular complexity index is 779. The van der Waals surface area contributed by atoms with Gasteiger partial charge in [-0.1, -0.05) is 11.6 Å². The maximum atomic E-state index is 5.77. The predicted octanol–water partition coefficient (Wildman–Crippen LogP) is 5.20. The summed E-state index contributed by atoms with van der Waals surface area (Å²) < 4.78 is 22.5. The van der Waals surface area contributed by atoms with Crippen molar-refractivity contribution in [3.63, 3.8) is 0 Å². The van der Waals surface area contributed by atoms with Gasteiger partial charge in [-0.3, -0.25) is 0 Å². The highest BCUT2D eigenvalue weighted by Crippen LogP contribution is 2.49. The smallest absolute Gasteiger partial charge is 0.135 e. The van der Waals surface area contributed by atoms with Crippen LogP contribution in [-0.2, 0) is 0 Å². The Balaban J connectivity index is 2.82. The molecule has 0 aliphatic carbocycles. The van der Waals surface area contributed by atoms with E-state index in [-0.39, 0.29) is 5.25 Å². The number of allylic oxidation sites excluding steroid dienone is 2. The molecule has 0 N–H and O–H groups in total. The van der Waals surface area contributed by atoms with Gasteiger partial charge in [0, 0.05) is 10.8 Å². The van der Waals surface area contributed by atoms with Crippen LogP contribution >= 0.6 is 12.6 Å². The lowest BCUT2D eigenvalue weighted by Gasteiger charge is -2.21. The van der Waals surface area contributed by atoms with E-state index in [0.29, 0.717) is 17.2 Å². The van der Waals surface area contributed by atoms with Crippen molar-refractivity contribution >= 4 is 23.4 Å². The third-order valence-corrected chi connectivity index (χ3v) is 4.61. The Morgan fingerprint density at radius 1 is 0.920 bits per heavy atom. The summed E-state index contributed by atoms with van der Waals surface area (Å²) in [5, 5.41) is 1.63. The molecule has 25 heavy (non-hydrogen) atoms. The van der Waals surface area contributed by atoms with Gasteiger partial charge in [-0.15, -0.1) is 0 Å². The molecule has 2 aromatic rings. The summed E-state index contributed by atoms with van der Waals surface area (Å²) in [7, 11) is 6.58. The molecule has 0 heterocycles. The van der Waals surface area contributed by atoms with Crippen LogP contribution in [0, 0.1) is 0 Å². The van der Waals surface area contributed by atoms with Crippen molar-refractivity contribution in [2.75, 3.05) is 28.4 Å². The number of rotatable bonds is 7. The van der Waals surface area contributed by atoms with E-state index in [2.05, 4.69) is 19.9 Å². The van der Waals surface area contributed by atoms with Gasteiger partial charge in [-0.25, -0.2) is 0 Å². The minimum atomic E-state index is -0.0287. The van der Waals surface area contributed by atoms with Crippen LogP contribution in [0.1, 0.15) is 31.1 Å². The first kappa shape index (κ1) is 19.3. The Hall–Kier alpha value is -2.01. The van der Waals surface area contributed by atoms with Crippen molar-refractivity contribution in [2.24, 2.45) is 0 Å². The monoisotopic (exact) mass is 362 g/mol. The van der Waals surface area contributed by atoms with Crippen LogP contribution in [0.25, 0.3) is 10.8 Å². The molecule has 5 heteroatoms. The average molecular weight is 362 g/mol. The van der Waals surface area contributed by atoms with Crippen molar-refractivity contribution in [1.82, 2.24) is 0 Å². The lowest BCUT2D eigenvalue weighted by Crippen LogP contribution is -2.01. The van der Waals surface area contributed by atoms with Crippen LogP contribution in [0.2, 0.25) is 0 Å². The number of hydrogen-bond acceptors (Lipinski definition) is 5. The Labute approximate surface area is 155 Å². The largest absolute Gasteiger partial charge is 0.496 e. The summed E-state index contributed by atoms with van der Waals surface area (Å²) >= 11 is 4.79. The zero-order valence-corrected chi connectivity index (χ0v) is 16.6. The molecule has 0 bridgehead atoms. The maximum absolute atomic E-state index is 5.77. The van der Waals surface area contributed by atoms with E-state index in [9.17, 15) is 0 Å². The molecule has 0 aromatic heterocycles. The van der Waals surface area contributed by atoms with E-state index in [1.54, 1.807) is 28.4 Å². The van der Waals surface area contributed by atoms with Gasteiger partial charge >= 0.3 is 0 Å². The summed E-state index contributed by atoms with van der Waals surface area (Å²) in [6.07, 6.45) is 2.96. The van der Waals surface area contributed by atoms with Gasteiger partial charge in [0.25, 0.3) is 0 Å². The molecule has 0 fully saturated rings. The fourth-order valence-electron chi connectivity index (χ4n) is 2.90. The van der Waals surface area contributed by atoms with Crippen molar-refractivity contribution in [2.45, 2.75) is 25.5 Å². The highest BCUT2D eigenvalue weighted by atomic mass is 32.1. The second-order valence-corrected chi connectivity index (χ2v) is 6.58. The summed E-state index contributed by atoms with van der Waals surface area (Å²) in [5.74, 6) is 2.85. The van der Waals surface area contributed by atoms with Crippen molar-refractivity contribution in [3.8, 4) is 23.0 Å². The first-order valence-electron chi connectivity index (χ1n) is 8.09. The number of thiol groups is 1. The SMILES string of the molecule is COc1ccc(OC)c2c(OC)c(C(S)CC=C(C)C)cc(OC)c12. The lowest BCUT2D eigenvalue weighted by molar-refractivity contribution is 0.389. The van der Waals surface area contributed by atoms with E-state index in [0.717, 1.165) is 28.5 Å². The topological polar surface area (TPSA) is 36.9 Å². The highest BCUT2D eigenvalue weighted by molar-refractivity contribution is 7.80. The van der Waals surface area contributed by atoms with E-state index in [1.807, 2.05) is 18.2 Å². The summed E-state index contributed by atoms with van der Waals surface area (Å²) in [4.78, 5) is 0. The molecule has 1 unspecified atom stereocenters. The second-order valence-electron chi connectivity index (χ2n) is 5.95. The molecule has 0 amide bonds. The quantitative estimate of drug-likeness (QED) is 0.542. The normalized spacial score (nSPS) is 11.8. The van der Waals surface area contributed by atoms with Crippen LogP contribution in [0.4, 0.5) is 0 Å². The van der Waals surface area contributed by atoms with E-state index in [4.69, 9.17) is 31.6 Å². The minimum Gasteiger partial charge on any atom is -0.496 e. The van der Waals surface area contributed by atoms with Crippen LogP contribution in [0.3, 0.4) is 0 Å². The second kappa shape index (κ2) is 8.39. The van der Waals surface area contributed by atoms with Gasteiger partial charge in [0.1, 0.15) is 23.0 Å². The van der Waals surface area contributed by atoms with E-state index >= 15 is 0 Å². The average Bonchev–Trinajstić information content (AvgIpc) is 2.63. The molecule has 1 atom stereocenters. The fourth-order valence-corrected chi connectivity index (χ4v) is 3.20. The fraction of sp³-hybridized carbons (Fsp3) is 0.400. The minimum absolute atomic E-state index is 0.0287. The van der Waals surface area contributed by atoms with Crippen LogP contribution in [0.5, 0.6) is 23.0 Å². The third-order valence-electron chi connectivity index (χ3n) is 4.12. The number of methoxy groups -OCH3 is 4. The van der Waals surface area contributed by atoms with E-state index < -0.39 is 0 Å². The number of fused-ring (bicyclic) bond motifs is 1. The predicted molar refractivity (Wildman–Crippen MR) is 106 cm³/mol. The number of hydrogen-bond donors (Lipinski definition) is 1. The van der Waals surface area contributed by atoms with Gasteiger partial charge in [0.05, 0.1) is 39.2 Å². The molecule has 0 aliphatic heterocycles. The molecule has 0 saturated heterocycles. The summed E-state index contributed by atoms with van der Waals surface area (Å²) in [5.41, 5.74) is 2.21. The molecule has 136 valence electrons. The first-order valence-corrected chi connectivity index (χ1v) is 8.61. The van der Waals surface area contributed by atoms with Gasteiger partial charge in [0.2, 0.25) is 0 Å². The molecule has 4 nitrogen and oxygen atoms in total. The number of benzene rings is 2. The van der Waals surface area contributed by atoms with Crippen LogP contribution in [-0.4, -0.2) is 28.4 Å². The standard InChI is InChI=1S/C20H26O4S/c1-12(2)7-10-17(25)13-11-16(23-5)18-14(21-3)8-9-15(22-4)19(18)20(13)24-6/h7-9,11,17,25H,10H2,1-6H3. The summed E-state index contributed by atoms with van der Waals surface area (Å²) in [6.45, 7) is 4.15.